The highest BCUT2D eigenvalue weighted by Gasteiger charge is 2.26. The summed E-state index contributed by atoms with van der Waals surface area (Å²) >= 11 is 1.74. The zero-order valence-corrected chi connectivity index (χ0v) is 21.3. The Balaban J connectivity index is 1.36. The van der Waals surface area contributed by atoms with Gasteiger partial charge in [-0.2, -0.15) is 0 Å². The Morgan fingerprint density at radius 3 is 2.49 bits per heavy atom. The molecule has 1 amide bonds. The Labute approximate surface area is 210 Å². The SMILES string of the molecule is COc1cccc(C(=O)N2CCN(c3nc(CCc4ccccc4)nc4sc(C)c(C)c34)CC2)c1. The van der Waals surface area contributed by atoms with Gasteiger partial charge in [0.1, 0.15) is 22.2 Å². The molecule has 0 spiro atoms. The maximum atomic E-state index is 13.1. The Bertz CT molecular complexity index is 1340. The van der Waals surface area contributed by atoms with Gasteiger partial charge in [0.2, 0.25) is 0 Å². The van der Waals surface area contributed by atoms with E-state index in [1.807, 2.05) is 29.2 Å². The van der Waals surface area contributed by atoms with E-state index >= 15 is 0 Å². The second-order valence-electron chi connectivity index (χ2n) is 8.92. The Morgan fingerprint density at radius 2 is 1.74 bits per heavy atom. The van der Waals surface area contributed by atoms with Crippen molar-refractivity contribution >= 4 is 33.3 Å². The molecule has 0 unspecified atom stereocenters. The van der Waals surface area contributed by atoms with Crippen LogP contribution in [0.1, 0.15) is 32.2 Å². The zero-order valence-electron chi connectivity index (χ0n) is 20.5. The van der Waals surface area contributed by atoms with E-state index in [1.165, 1.54) is 16.0 Å². The maximum absolute atomic E-state index is 13.1. The molecule has 1 fully saturated rings. The average molecular weight is 487 g/mol. The van der Waals surface area contributed by atoms with Crippen LogP contribution in [0.4, 0.5) is 5.82 Å². The first-order valence-electron chi connectivity index (χ1n) is 12.0. The molecule has 6 nitrogen and oxygen atoms in total. The third-order valence-electron chi connectivity index (χ3n) is 6.72. The fraction of sp³-hybridized carbons (Fsp3) is 0.321. The van der Waals surface area contributed by atoms with Crippen LogP contribution in [0.5, 0.6) is 5.75 Å². The van der Waals surface area contributed by atoms with E-state index in [0.29, 0.717) is 24.4 Å². The summed E-state index contributed by atoms with van der Waals surface area (Å²) in [6, 6.07) is 17.9. The van der Waals surface area contributed by atoms with E-state index in [2.05, 4.69) is 43.0 Å². The van der Waals surface area contributed by atoms with Crippen LogP contribution in [0.2, 0.25) is 0 Å². The predicted octanol–water partition coefficient (Wildman–Crippen LogP) is 5.06. The second-order valence-corrected chi connectivity index (χ2v) is 10.1. The smallest absolute Gasteiger partial charge is 0.254 e. The molecule has 1 aliphatic heterocycles. The molecule has 5 rings (SSSR count). The first-order valence-corrected chi connectivity index (χ1v) is 12.8. The van der Waals surface area contributed by atoms with Crippen molar-refractivity contribution < 1.29 is 9.53 Å². The number of carbonyl (C=O) groups excluding carboxylic acids is 1. The van der Waals surface area contributed by atoms with Gasteiger partial charge in [-0.05, 0) is 49.6 Å². The molecule has 2 aromatic heterocycles. The normalized spacial score (nSPS) is 13.9. The predicted molar refractivity (Wildman–Crippen MR) is 142 cm³/mol. The fourth-order valence-corrected chi connectivity index (χ4v) is 5.62. The van der Waals surface area contributed by atoms with Crippen LogP contribution >= 0.6 is 11.3 Å². The highest BCUT2D eigenvalue weighted by atomic mass is 32.1. The minimum Gasteiger partial charge on any atom is -0.497 e. The number of benzene rings is 2. The number of aromatic nitrogens is 2. The van der Waals surface area contributed by atoms with Crippen molar-refractivity contribution in [3.8, 4) is 5.75 Å². The van der Waals surface area contributed by atoms with Crippen molar-refractivity contribution in [3.05, 3.63) is 82.0 Å². The number of methoxy groups -OCH3 is 1. The number of amides is 1. The third-order valence-corrected chi connectivity index (χ3v) is 7.82. The quantitative estimate of drug-likeness (QED) is 0.381. The fourth-order valence-electron chi connectivity index (χ4n) is 4.57. The number of hydrogen-bond donors (Lipinski definition) is 0. The molecule has 35 heavy (non-hydrogen) atoms. The lowest BCUT2D eigenvalue weighted by Gasteiger charge is -2.36. The summed E-state index contributed by atoms with van der Waals surface area (Å²) in [5.74, 6) is 2.63. The summed E-state index contributed by atoms with van der Waals surface area (Å²) in [7, 11) is 1.62. The van der Waals surface area contributed by atoms with Crippen molar-refractivity contribution in [2.24, 2.45) is 0 Å². The van der Waals surface area contributed by atoms with Crippen LogP contribution in [-0.4, -0.2) is 54.1 Å². The molecule has 4 aromatic rings. The molecule has 0 aliphatic carbocycles. The lowest BCUT2D eigenvalue weighted by atomic mass is 10.1. The average Bonchev–Trinajstić information content (AvgIpc) is 3.20. The van der Waals surface area contributed by atoms with Crippen LogP contribution in [0, 0.1) is 13.8 Å². The lowest BCUT2D eigenvalue weighted by molar-refractivity contribution is 0.0746. The van der Waals surface area contributed by atoms with E-state index < -0.39 is 0 Å². The lowest BCUT2D eigenvalue weighted by Crippen LogP contribution is -2.49. The van der Waals surface area contributed by atoms with Gasteiger partial charge in [-0.3, -0.25) is 4.79 Å². The van der Waals surface area contributed by atoms with Crippen LogP contribution in [0.25, 0.3) is 10.2 Å². The van der Waals surface area contributed by atoms with Crippen molar-refractivity contribution in [2.75, 3.05) is 38.2 Å². The molecule has 0 atom stereocenters. The van der Waals surface area contributed by atoms with Crippen molar-refractivity contribution in [1.82, 2.24) is 14.9 Å². The summed E-state index contributed by atoms with van der Waals surface area (Å²) in [6.07, 6.45) is 1.72. The van der Waals surface area contributed by atoms with Gasteiger partial charge in [-0.1, -0.05) is 36.4 Å². The molecular formula is C28H30N4O2S. The van der Waals surface area contributed by atoms with Gasteiger partial charge in [0.25, 0.3) is 5.91 Å². The van der Waals surface area contributed by atoms with Crippen molar-refractivity contribution in [3.63, 3.8) is 0 Å². The van der Waals surface area contributed by atoms with Gasteiger partial charge >= 0.3 is 0 Å². The van der Waals surface area contributed by atoms with Crippen LogP contribution < -0.4 is 9.64 Å². The van der Waals surface area contributed by atoms with E-state index in [-0.39, 0.29) is 5.91 Å². The Morgan fingerprint density at radius 1 is 0.971 bits per heavy atom. The summed E-state index contributed by atoms with van der Waals surface area (Å²) in [5.41, 5.74) is 3.21. The summed E-state index contributed by atoms with van der Waals surface area (Å²) in [4.78, 5) is 29.7. The van der Waals surface area contributed by atoms with Crippen LogP contribution in [0.15, 0.2) is 54.6 Å². The van der Waals surface area contributed by atoms with Gasteiger partial charge in [0.05, 0.1) is 12.5 Å². The Hall–Kier alpha value is -3.45. The first-order chi connectivity index (χ1) is 17.0. The third kappa shape index (κ3) is 4.86. The number of hydrogen-bond acceptors (Lipinski definition) is 6. The molecule has 0 saturated carbocycles. The highest BCUT2D eigenvalue weighted by molar-refractivity contribution is 7.18. The van der Waals surface area contributed by atoms with E-state index in [4.69, 9.17) is 14.7 Å². The molecule has 3 heterocycles. The number of piperazine rings is 1. The molecule has 2 aromatic carbocycles. The number of aryl methyl sites for hydroxylation is 4. The number of thiophene rings is 1. The topological polar surface area (TPSA) is 58.6 Å². The van der Waals surface area contributed by atoms with Crippen LogP contribution in [-0.2, 0) is 12.8 Å². The van der Waals surface area contributed by atoms with Gasteiger partial charge in [-0.15, -0.1) is 11.3 Å². The number of rotatable bonds is 6. The molecular weight excluding hydrogens is 456 g/mol. The van der Waals surface area contributed by atoms with Crippen molar-refractivity contribution in [1.29, 1.82) is 0 Å². The summed E-state index contributed by atoms with van der Waals surface area (Å²) in [6.45, 7) is 7.11. The van der Waals surface area contributed by atoms with Crippen molar-refractivity contribution in [2.45, 2.75) is 26.7 Å². The van der Waals surface area contributed by atoms with Gasteiger partial charge in [-0.25, -0.2) is 9.97 Å². The van der Waals surface area contributed by atoms with Gasteiger partial charge in [0, 0.05) is 43.0 Å². The molecule has 1 saturated heterocycles. The molecule has 0 radical (unpaired) electrons. The minimum atomic E-state index is 0.0440. The maximum Gasteiger partial charge on any atom is 0.254 e. The monoisotopic (exact) mass is 486 g/mol. The number of nitrogens with zero attached hydrogens (tertiary/aromatic N) is 4. The first kappa shape index (κ1) is 23.3. The van der Waals surface area contributed by atoms with Gasteiger partial charge in [0.15, 0.2) is 0 Å². The zero-order chi connectivity index (χ0) is 24.4. The standard InChI is InChI=1S/C28H30N4O2S/c1-19-20(2)35-27-25(19)26(29-24(30-27)13-12-21-8-5-4-6-9-21)31-14-16-32(17-15-31)28(33)22-10-7-11-23(18-22)34-3/h4-11,18H,12-17H2,1-3H3. The van der Waals surface area contributed by atoms with Crippen LogP contribution in [0.3, 0.4) is 0 Å². The Kier molecular flexibility index (Phi) is 6.68. The molecule has 7 heteroatoms. The highest BCUT2D eigenvalue weighted by Crippen LogP contribution is 2.35. The minimum absolute atomic E-state index is 0.0440. The summed E-state index contributed by atoms with van der Waals surface area (Å²) < 4.78 is 5.29. The van der Waals surface area contributed by atoms with E-state index in [0.717, 1.165) is 47.8 Å². The second kappa shape index (κ2) is 10.0. The largest absolute Gasteiger partial charge is 0.497 e. The molecule has 0 N–H and O–H groups in total. The number of carbonyl (C=O) groups is 1. The molecule has 1 aliphatic rings. The molecule has 0 bridgehead atoms. The number of ether oxygens (including phenoxy) is 1. The van der Waals surface area contributed by atoms with E-state index in [1.54, 1.807) is 24.5 Å². The number of fused-ring (bicyclic) bond motifs is 1. The van der Waals surface area contributed by atoms with Gasteiger partial charge < -0.3 is 14.5 Å². The number of anilines is 1. The molecule has 180 valence electrons. The summed E-state index contributed by atoms with van der Waals surface area (Å²) in [5, 5.41) is 1.16. The van der Waals surface area contributed by atoms with E-state index in [9.17, 15) is 4.79 Å².